The van der Waals surface area contributed by atoms with E-state index in [0.717, 1.165) is 25.7 Å². The molecule has 1 aliphatic carbocycles. The third kappa shape index (κ3) is 4.57. The number of benzene rings is 1. The average Bonchev–Trinajstić information content (AvgIpc) is 2.42. The van der Waals surface area contributed by atoms with Crippen molar-refractivity contribution in [2.45, 2.75) is 58.4 Å². The maximum atomic E-state index is 12.5. The summed E-state index contributed by atoms with van der Waals surface area (Å²) in [6.07, 6.45) is 4.03. The highest BCUT2D eigenvalue weighted by atomic mass is 16.1. The molecule has 0 fully saturated rings. The van der Waals surface area contributed by atoms with Crippen LogP contribution in [-0.2, 0) is 11.2 Å². The van der Waals surface area contributed by atoms with Gasteiger partial charge < -0.3 is 11.1 Å². The van der Waals surface area contributed by atoms with Gasteiger partial charge in [-0.15, -0.1) is 0 Å². The van der Waals surface area contributed by atoms with Crippen molar-refractivity contribution < 1.29 is 4.79 Å². The van der Waals surface area contributed by atoms with Crippen LogP contribution in [0.25, 0.3) is 0 Å². The molecule has 3 N–H and O–H groups in total. The van der Waals surface area contributed by atoms with Crippen LogP contribution in [-0.4, -0.2) is 18.5 Å². The summed E-state index contributed by atoms with van der Waals surface area (Å²) in [6.45, 7) is 7.08. The molecule has 21 heavy (non-hydrogen) atoms. The van der Waals surface area contributed by atoms with E-state index in [1.807, 2.05) is 6.07 Å². The van der Waals surface area contributed by atoms with Gasteiger partial charge in [0.1, 0.15) is 0 Å². The molecule has 2 atom stereocenters. The molecule has 2 rings (SSSR count). The number of nitrogens with two attached hydrogens (primary N) is 1. The molecule has 0 saturated heterocycles. The van der Waals surface area contributed by atoms with Crippen molar-refractivity contribution in [3.63, 3.8) is 0 Å². The summed E-state index contributed by atoms with van der Waals surface area (Å²) in [5.74, 6) is 0.128. The van der Waals surface area contributed by atoms with Gasteiger partial charge in [-0.1, -0.05) is 45.0 Å². The van der Waals surface area contributed by atoms with E-state index in [4.69, 9.17) is 5.73 Å². The highest BCUT2D eigenvalue weighted by Gasteiger charge is 2.26. The van der Waals surface area contributed by atoms with Gasteiger partial charge in [0.25, 0.3) is 0 Å². The second-order valence-corrected chi connectivity index (χ2v) is 7.41. The standard InChI is InChI=1S/C18H28N2O/c1-18(2,3)11-14(19)12-20-17(21)16-10-6-8-13-7-4-5-9-15(13)16/h4-5,7,9,14,16H,6,8,10-12,19H2,1-3H3,(H,20,21). The molecular formula is C18H28N2O. The maximum Gasteiger partial charge on any atom is 0.227 e. The second-order valence-electron chi connectivity index (χ2n) is 7.41. The molecule has 0 radical (unpaired) electrons. The Bertz CT molecular complexity index is 490. The third-order valence-corrected chi connectivity index (χ3v) is 4.10. The van der Waals surface area contributed by atoms with Crippen molar-refractivity contribution in [2.24, 2.45) is 11.1 Å². The van der Waals surface area contributed by atoms with Crippen LogP contribution in [0, 0.1) is 5.41 Å². The van der Waals surface area contributed by atoms with Crippen molar-refractivity contribution in [2.75, 3.05) is 6.54 Å². The lowest BCUT2D eigenvalue weighted by molar-refractivity contribution is -0.123. The quantitative estimate of drug-likeness (QED) is 0.895. The Labute approximate surface area is 128 Å². The summed E-state index contributed by atoms with van der Waals surface area (Å²) in [5, 5.41) is 3.05. The zero-order valence-corrected chi connectivity index (χ0v) is 13.5. The largest absolute Gasteiger partial charge is 0.354 e. The van der Waals surface area contributed by atoms with Gasteiger partial charge >= 0.3 is 0 Å². The van der Waals surface area contributed by atoms with Crippen LogP contribution in [0.4, 0.5) is 0 Å². The average molecular weight is 288 g/mol. The SMILES string of the molecule is CC(C)(C)CC(N)CNC(=O)C1CCCc2ccccc21. The molecule has 0 saturated carbocycles. The molecule has 1 aromatic carbocycles. The normalized spacial score (nSPS) is 19.7. The van der Waals surface area contributed by atoms with Gasteiger partial charge in [-0.3, -0.25) is 4.79 Å². The predicted octanol–water partition coefficient (Wildman–Crippen LogP) is 2.99. The van der Waals surface area contributed by atoms with Gasteiger partial charge in [-0.2, -0.15) is 0 Å². The number of aryl methyl sites for hydroxylation is 1. The molecule has 3 heteroatoms. The van der Waals surface area contributed by atoms with Crippen molar-refractivity contribution in [3.05, 3.63) is 35.4 Å². The first-order chi connectivity index (χ1) is 9.87. The zero-order valence-electron chi connectivity index (χ0n) is 13.5. The van der Waals surface area contributed by atoms with E-state index in [1.54, 1.807) is 0 Å². The van der Waals surface area contributed by atoms with E-state index in [9.17, 15) is 4.79 Å². The van der Waals surface area contributed by atoms with Crippen molar-refractivity contribution in [3.8, 4) is 0 Å². The van der Waals surface area contributed by atoms with Gasteiger partial charge in [0.15, 0.2) is 0 Å². The lowest BCUT2D eigenvalue weighted by Gasteiger charge is -2.27. The number of hydrogen-bond donors (Lipinski definition) is 2. The molecule has 1 aromatic rings. The summed E-state index contributed by atoms with van der Waals surface area (Å²) in [4.78, 5) is 12.5. The molecular weight excluding hydrogens is 260 g/mol. The molecule has 2 unspecified atom stereocenters. The highest BCUT2D eigenvalue weighted by Crippen LogP contribution is 2.31. The topological polar surface area (TPSA) is 55.1 Å². The predicted molar refractivity (Wildman–Crippen MR) is 87.2 cm³/mol. The van der Waals surface area contributed by atoms with Gasteiger partial charge in [-0.05, 0) is 42.2 Å². The molecule has 3 nitrogen and oxygen atoms in total. The Kier molecular flexibility index (Phi) is 5.04. The van der Waals surface area contributed by atoms with Gasteiger partial charge in [-0.25, -0.2) is 0 Å². The lowest BCUT2D eigenvalue weighted by Crippen LogP contribution is -2.41. The molecule has 0 aromatic heterocycles. The van der Waals surface area contributed by atoms with Crippen molar-refractivity contribution in [1.82, 2.24) is 5.32 Å². The monoisotopic (exact) mass is 288 g/mol. The van der Waals surface area contributed by atoms with E-state index >= 15 is 0 Å². The number of hydrogen-bond acceptors (Lipinski definition) is 2. The highest BCUT2D eigenvalue weighted by molar-refractivity contribution is 5.84. The Balaban J connectivity index is 1.93. The number of rotatable bonds is 4. The van der Waals surface area contributed by atoms with Crippen LogP contribution in [0.1, 0.15) is 57.1 Å². The summed E-state index contributed by atoms with van der Waals surface area (Å²) in [7, 11) is 0. The Morgan fingerprint density at radius 3 is 2.81 bits per heavy atom. The molecule has 0 spiro atoms. The van der Waals surface area contributed by atoms with Gasteiger partial charge in [0.2, 0.25) is 5.91 Å². The number of nitrogens with one attached hydrogen (secondary N) is 1. The van der Waals surface area contributed by atoms with Crippen LogP contribution in [0.2, 0.25) is 0 Å². The number of carbonyl (C=O) groups is 1. The summed E-state index contributed by atoms with van der Waals surface area (Å²) in [6, 6.07) is 8.33. The van der Waals surface area contributed by atoms with Gasteiger partial charge in [0, 0.05) is 12.6 Å². The van der Waals surface area contributed by atoms with Crippen LogP contribution in [0.5, 0.6) is 0 Å². The fraction of sp³-hybridized carbons (Fsp3) is 0.611. The van der Waals surface area contributed by atoms with Crippen LogP contribution >= 0.6 is 0 Å². The molecule has 116 valence electrons. The Morgan fingerprint density at radius 1 is 1.38 bits per heavy atom. The first-order valence-corrected chi connectivity index (χ1v) is 7.98. The van der Waals surface area contributed by atoms with Crippen LogP contribution in [0.15, 0.2) is 24.3 Å². The molecule has 1 amide bonds. The number of amides is 1. The minimum Gasteiger partial charge on any atom is -0.354 e. The minimum atomic E-state index is -0.00298. The summed E-state index contributed by atoms with van der Waals surface area (Å²) >= 11 is 0. The third-order valence-electron chi connectivity index (χ3n) is 4.10. The molecule has 0 bridgehead atoms. The van der Waals surface area contributed by atoms with E-state index in [-0.39, 0.29) is 23.3 Å². The molecule has 1 aliphatic rings. The first-order valence-electron chi connectivity index (χ1n) is 7.98. The maximum absolute atomic E-state index is 12.5. The Morgan fingerprint density at radius 2 is 2.10 bits per heavy atom. The fourth-order valence-electron chi connectivity index (χ4n) is 3.24. The lowest BCUT2D eigenvalue weighted by atomic mass is 9.82. The number of fused-ring (bicyclic) bond motifs is 1. The molecule has 0 aliphatic heterocycles. The van der Waals surface area contributed by atoms with E-state index in [1.165, 1.54) is 11.1 Å². The molecule has 0 heterocycles. The number of carbonyl (C=O) groups excluding carboxylic acids is 1. The van der Waals surface area contributed by atoms with Crippen LogP contribution in [0.3, 0.4) is 0 Å². The van der Waals surface area contributed by atoms with E-state index in [2.05, 4.69) is 44.3 Å². The fourth-order valence-corrected chi connectivity index (χ4v) is 3.24. The summed E-state index contributed by atoms with van der Waals surface area (Å²) in [5.41, 5.74) is 8.84. The Hall–Kier alpha value is -1.35. The van der Waals surface area contributed by atoms with E-state index < -0.39 is 0 Å². The minimum absolute atomic E-state index is 0.00298. The van der Waals surface area contributed by atoms with E-state index in [0.29, 0.717) is 6.54 Å². The smallest absolute Gasteiger partial charge is 0.227 e. The first kappa shape index (κ1) is 16.0. The second kappa shape index (κ2) is 6.61. The van der Waals surface area contributed by atoms with Crippen molar-refractivity contribution in [1.29, 1.82) is 0 Å². The summed E-state index contributed by atoms with van der Waals surface area (Å²) < 4.78 is 0. The van der Waals surface area contributed by atoms with Crippen LogP contribution < -0.4 is 11.1 Å². The van der Waals surface area contributed by atoms with Crippen molar-refractivity contribution >= 4 is 5.91 Å². The van der Waals surface area contributed by atoms with Gasteiger partial charge in [0.05, 0.1) is 5.92 Å². The zero-order chi connectivity index (χ0) is 15.5.